The smallest absolute Gasteiger partial charge is 0.282 e. The highest BCUT2D eigenvalue weighted by Gasteiger charge is 2.29. The summed E-state index contributed by atoms with van der Waals surface area (Å²) in [5, 5.41) is 2.97. The Bertz CT molecular complexity index is 743. The molecule has 2 aromatic carbocycles. The fourth-order valence-corrected chi connectivity index (χ4v) is 3.27. The molecule has 0 bridgehead atoms. The molecule has 5 nitrogen and oxygen atoms in total. The summed E-state index contributed by atoms with van der Waals surface area (Å²) in [6, 6.07) is 13.8. The van der Waals surface area contributed by atoms with E-state index in [0.29, 0.717) is 0 Å². The molecule has 2 N–H and O–H groups in total. The third-order valence-electron chi connectivity index (χ3n) is 4.94. The number of carbonyl (C=O) groups is 1. The first-order valence-electron chi connectivity index (χ1n) is 8.87. The van der Waals surface area contributed by atoms with Crippen LogP contribution in [0, 0.1) is 5.82 Å². The van der Waals surface area contributed by atoms with Gasteiger partial charge in [0.05, 0.1) is 33.3 Å². The number of halogens is 1. The standard InChI is InChI=1S/C20H24FN3O2/c1-15(20(25)22-17-4-3-5-19(14-17)26-2)23-10-12-24(13-11-23)18-8-6-16(21)7-9-18/h3-9,14-15H,10-13H2,1-2H3,(H,22,25)/p+1/t15-/m0/s1. The molecular formula is C20H25FN3O2+. The summed E-state index contributed by atoms with van der Waals surface area (Å²) in [6.07, 6.45) is 0. The number of hydrogen-bond donors (Lipinski definition) is 2. The minimum atomic E-state index is -0.221. The first kappa shape index (κ1) is 18.2. The van der Waals surface area contributed by atoms with Gasteiger partial charge in [0.2, 0.25) is 0 Å². The highest BCUT2D eigenvalue weighted by molar-refractivity contribution is 5.93. The maximum atomic E-state index is 13.1. The van der Waals surface area contributed by atoms with Gasteiger partial charge in [-0.15, -0.1) is 0 Å². The van der Waals surface area contributed by atoms with E-state index in [0.717, 1.165) is 43.3 Å². The van der Waals surface area contributed by atoms with Gasteiger partial charge in [-0.3, -0.25) is 4.79 Å². The van der Waals surface area contributed by atoms with Crippen LogP contribution in [0.4, 0.5) is 15.8 Å². The summed E-state index contributed by atoms with van der Waals surface area (Å²) in [5.41, 5.74) is 1.77. The zero-order valence-corrected chi connectivity index (χ0v) is 15.2. The third-order valence-corrected chi connectivity index (χ3v) is 4.94. The van der Waals surface area contributed by atoms with Crippen molar-refractivity contribution in [2.45, 2.75) is 13.0 Å². The molecule has 1 amide bonds. The van der Waals surface area contributed by atoms with Gasteiger partial charge < -0.3 is 19.9 Å². The molecule has 2 aromatic rings. The average molecular weight is 358 g/mol. The van der Waals surface area contributed by atoms with Crippen molar-refractivity contribution in [3.8, 4) is 5.75 Å². The van der Waals surface area contributed by atoms with Crippen molar-refractivity contribution in [3.63, 3.8) is 0 Å². The molecule has 1 saturated heterocycles. The fourth-order valence-electron chi connectivity index (χ4n) is 3.27. The van der Waals surface area contributed by atoms with Crippen molar-refractivity contribution < 1.29 is 18.8 Å². The van der Waals surface area contributed by atoms with Crippen LogP contribution in [-0.2, 0) is 4.79 Å². The first-order chi connectivity index (χ1) is 12.6. The summed E-state index contributed by atoms with van der Waals surface area (Å²) in [4.78, 5) is 16.1. The van der Waals surface area contributed by atoms with Gasteiger partial charge in [-0.05, 0) is 43.3 Å². The van der Waals surface area contributed by atoms with Gasteiger partial charge in [-0.1, -0.05) is 6.07 Å². The zero-order chi connectivity index (χ0) is 18.5. The normalized spacial score (nSPS) is 16.2. The molecule has 0 saturated carbocycles. The van der Waals surface area contributed by atoms with E-state index in [-0.39, 0.29) is 17.8 Å². The van der Waals surface area contributed by atoms with Crippen molar-refractivity contribution in [2.24, 2.45) is 0 Å². The van der Waals surface area contributed by atoms with E-state index >= 15 is 0 Å². The Balaban J connectivity index is 1.54. The molecule has 1 atom stereocenters. The molecular weight excluding hydrogens is 333 g/mol. The number of quaternary nitrogens is 1. The number of amides is 1. The highest BCUT2D eigenvalue weighted by Crippen LogP contribution is 2.17. The molecule has 1 heterocycles. The number of piperazine rings is 1. The lowest BCUT2D eigenvalue weighted by molar-refractivity contribution is -0.914. The number of rotatable bonds is 5. The molecule has 6 heteroatoms. The highest BCUT2D eigenvalue weighted by atomic mass is 19.1. The molecule has 1 fully saturated rings. The number of hydrogen-bond acceptors (Lipinski definition) is 3. The molecule has 0 spiro atoms. The van der Waals surface area contributed by atoms with Gasteiger partial charge in [-0.2, -0.15) is 0 Å². The molecule has 1 aliphatic rings. The second-order valence-electron chi connectivity index (χ2n) is 6.56. The third kappa shape index (κ3) is 4.32. The number of ether oxygens (including phenoxy) is 1. The first-order valence-corrected chi connectivity index (χ1v) is 8.87. The lowest BCUT2D eigenvalue weighted by Crippen LogP contribution is -3.19. The van der Waals surface area contributed by atoms with Crippen molar-refractivity contribution >= 4 is 17.3 Å². The van der Waals surface area contributed by atoms with Gasteiger partial charge in [-0.25, -0.2) is 4.39 Å². The molecule has 3 rings (SSSR count). The van der Waals surface area contributed by atoms with Crippen LogP contribution >= 0.6 is 0 Å². The van der Waals surface area contributed by atoms with Crippen LogP contribution in [0.1, 0.15) is 6.92 Å². The predicted molar refractivity (Wildman–Crippen MR) is 100 cm³/mol. The number of benzene rings is 2. The zero-order valence-electron chi connectivity index (χ0n) is 15.2. The van der Waals surface area contributed by atoms with Crippen molar-refractivity contribution in [1.29, 1.82) is 0 Å². The van der Waals surface area contributed by atoms with Crippen LogP contribution in [0.25, 0.3) is 0 Å². The Labute approximate surface area is 153 Å². The second kappa shape index (κ2) is 8.19. The lowest BCUT2D eigenvalue weighted by Gasteiger charge is -2.36. The van der Waals surface area contributed by atoms with Crippen LogP contribution < -0.4 is 19.9 Å². The maximum Gasteiger partial charge on any atom is 0.282 e. The summed E-state index contributed by atoms with van der Waals surface area (Å²) in [7, 11) is 1.61. The van der Waals surface area contributed by atoms with Crippen LogP contribution in [0.2, 0.25) is 0 Å². The van der Waals surface area contributed by atoms with Crippen LogP contribution in [0.3, 0.4) is 0 Å². The minimum absolute atomic E-state index is 0.00323. The van der Waals surface area contributed by atoms with Gasteiger partial charge in [0, 0.05) is 17.4 Å². The van der Waals surface area contributed by atoms with E-state index in [1.165, 1.54) is 17.0 Å². The van der Waals surface area contributed by atoms with E-state index in [2.05, 4.69) is 10.2 Å². The van der Waals surface area contributed by atoms with Crippen LogP contribution in [0.5, 0.6) is 5.75 Å². The van der Waals surface area contributed by atoms with Gasteiger partial charge >= 0.3 is 0 Å². The molecule has 0 radical (unpaired) electrons. The Morgan fingerprint density at radius 2 is 1.88 bits per heavy atom. The lowest BCUT2D eigenvalue weighted by atomic mass is 10.2. The summed E-state index contributed by atoms with van der Waals surface area (Å²) >= 11 is 0. The summed E-state index contributed by atoms with van der Waals surface area (Å²) in [6.45, 7) is 5.38. The van der Waals surface area contributed by atoms with E-state index < -0.39 is 0 Å². The number of methoxy groups -OCH3 is 1. The topological polar surface area (TPSA) is 46.0 Å². The van der Waals surface area contributed by atoms with Gasteiger partial charge in [0.25, 0.3) is 5.91 Å². The Kier molecular flexibility index (Phi) is 5.73. The van der Waals surface area contributed by atoms with E-state index in [1.54, 1.807) is 19.2 Å². The van der Waals surface area contributed by atoms with Crippen LogP contribution in [0.15, 0.2) is 48.5 Å². The van der Waals surface area contributed by atoms with Crippen molar-refractivity contribution in [2.75, 3.05) is 43.5 Å². The predicted octanol–water partition coefficient (Wildman–Crippen LogP) is 1.57. The summed E-state index contributed by atoms with van der Waals surface area (Å²) in [5.74, 6) is 0.500. The molecule has 138 valence electrons. The Morgan fingerprint density at radius 1 is 1.19 bits per heavy atom. The van der Waals surface area contributed by atoms with E-state index in [4.69, 9.17) is 4.74 Å². The average Bonchev–Trinajstić information content (AvgIpc) is 2.68. The molecule has 0 unspecified atom stereocenters. The Hall–Kier alpha value is -2.60. The minimum Gasteiger partial charge on any atom is -0.497 e. The number of anilines is 2. The van der Waals surface area contributed by atoms with Crippen LogP contribution in [-0.4, -0.2) is 45.2 Å². The SMILES string of the molecule is COc1cccc(NC(=O)[C@H](C)[NH+]2CCN(c3ccc(F)cc3)CC2)c1. The second-order valence-corrected chi connectivity index (χ2v) is 6.56. The van der Waals surface area contributed by atoms with Gasteiger partial charge in [0.15, 0.2) is 6.04 Å². The molecule has 26 heavy (non-hydrogen) atoms. The molecule has 0 aliphatic carbocycles. The van der Waals surface area contributed by atoms with Gasteiger partial charge in [0.1, 0.15) is 11.6 Å². The number of nitrogens with one attached hydrogen (secondary N) is 2. The van der Waals surface area contributed by atoms with Crippen molar-refractivity contribution in [1.82, 2.24) is 0 Å². The number of nitrogens with zero attached hydrogens (tertiary/aromatic N) is 1. The Morgan fingerprint density at radius 3 is 2.54 bits per heavy atom. The maximum absolute atomic E-state index is 13.1. The molecule has 1 aliphatic heterocycles. The largest absolute Gasteiger partial charge is 0.497 e. The van der Waals surface area contributed by atoms with E-state index in [9.17, 15) is 9.18 Å². The monoisotopic (exact) mass is 358 g/mol. The quantitative estimate of drug-likeness (QED) is 0.853. The molecule has 0 aromatic heterocycles. The van der Waals surface area contributed by atoms with Crippen molar-refractivity contribution in [3.05, 3.63) is 54.3 Å². The van der Waals surface area contributed by atoms with E-state index in [1.807, 2.05) is 31.2 Å². The number of carbonyl (C=O) groups excluding carboxylic acids is 1. The fraction of sp³-hybridized carbons (Fsp3) is 0.350. The summed E-state index contributed by atoms with van der Waals surface area (Å²) < 4.78 is 18.3.